The van der Waals surface area contributed by atoms with Crippen LogP contribution in [0.15, 0.2) is 0 Å². The summed E-state index contributed by atoms with van der Waals surface area (Å²) in [5.41, 5.74) is 0. The van der Waals surface area contributed by atoms with E-state index in [1.54, 1.807) is 6.92 Å². The standard InChI is InChI=1S/C8H16N2O2/c1-6(8(11)12)10-7-3-2-4-9-5-7/h6-7,9-10H,2-5H2,1H3,(H,11,12). The average Bonchev–Trinajstić information content (AvgIpc) is 2.06. The van der Waals surface area contributed by atoms with Crippen molar-refractivity contribution in [3.8, 4) is 0 Å². The third-order valence-corrected chi connectivity index (χ3v) is 2.15. The number of carbonyl (C=O) groups is 1. The molecule has 0 saturated carbocycles. The number of aliphatic carboxylic acids is 1. The van der Waals surface area contributed by atoms with E-state index in [0.717, 1.165) is 25.9 Å². The molecule has 1 aliphatic rings. The SMILES string of the molecule is CC(NC1CCCNC1)C(=O)O. The van der Waals surface area contributed by atoms with Crippen LogP contribution in [0, 0.1) is 0 Å². The number of hydrogen-bond donors (Lipinski definition) is 3. The van der Waals surface area contributed by atoms with E-state index >= 15 is 0 Å². The van der Waals surface area contributed by atoms with Gasteiger partial charge in [0.1, 0.15) is 6.04 Å². The van der Waals surface area contributed by atoms with Crippen molar-refractivity contribution in [2.75, 3.05) is 13.1 Å². The number of piperidine rings is 1. The highest BCUT2D eigenvalue weighted by molar-refractivity contribution is 5.72. The van der Waals surface area contributed by atoms with Crippen molar-refractivity contribution < 1.29 is 9.90 Å². The molecular formula is C8H16N2O2. The molecule has 1 aliphatic heterocycles. The lowest BCUT2D eigenvalue weighted by Gasteiger charge is -2.25. The summed E-state index contributed by atoms with van der Waals surface area (Å²) in [6, 6.07) is -0.111. The Morgan fingerprint density at radius 3 is 3.00 bits per heavy atom. The third kappa shape index (κ3) is 2.79. The molecule has 1 saturated heterocycles. The Balaban J connectivity index is 2.24. The largest absolute Gasteiger partial charge is 0.480 e. The lowest BCUT2D eigenvalue weighted by molar-refractivity contribution is -0.139. The maximum atomic E-state index is 10.5. The second-order valence-corrected chi connectivity index (χ2v) is 3.27. The van der Waals surface area contributed by atoms with Gasteiger partial charge in [0.15, 0.2) is 0 Å². The molecule has 0 amide bonds. The molecule has 4 heteroatoms. The van der Waals surface area contributed by atoms with Crippen molar-refractivity contribution in [3.63, 3.8) is 0 Å². The molecule has 0 aliphatic carbocycles. The summed E-state index contributed by atoms with van der Waals surface area (Å²) >= 11 is 0. The molecule has 0 bridgehead atoms. The molecule has 0 radical (unpaired) electrons. The first kappa shape index (κ1) is 9.48. The van der Waals surface area contributed by atoms with E-state index in [1.807, 2.05) is 0 Å². The summed E-state index contributed by atoms with van der Waals surface area (Å²) in [6.45, 7) is 3.62. The molecule has 0 aromatic heterocycles. The average molecular weight is 172 g/mol. The monoisotopic (exact) mass is 172 g/mol. The third-order valence-electron chi connectivity index (χ3n) is 2.15. The van der Waals surface area contributed by atoms with Gasteiger partial charge in [-0.2, -0.15) is 0 Å². The van der Waals surface area contributed by atoms with E-state index in [4.69, 9.17) is 5.11 Å². The van der Waals surface area contributed by atoms with E-state index < -0.39 is 12.0 Å². The van der Waals surface area contributed by atoms with E-state index in [-0.39, 0.29) is 0 Å². The molecule has 0 aromatic carbocycles. The van der Waals surface area contributed by atoms with Gasteiger partial charge in [-0.15, -0.1) is 0 Å². The molecule has 12 heavy (non-hydrogen) atoms. The fourth-order valence-electron chi connectivity index (χ4n) is 1.42. The van der Waals surface area contributed by atoms with Crippen LogP contribution in [0.5, 0.6) is 0 Å². The van der Waals surface area contributed by atoms with Crippen LogP contribution in [0.4, 0.5) is 0 Å². The number of rotatable bonds is 3. The first-order chi connectivity index (χ1) is 5.70. The summed E-state index contributed by atoms with van der Waals surface area (Å²) in [7, 11) is 0. The van der Waals surface area contributed by atoms with Crippen molar-refractivity contribution in [3.05, 3.63) is 0 Å². The summed E-state index contributed by atoms with van der Waals surface area (Å²) in [5, 5.41) is 14.9. The Morgan fingerprint density at radius 2 is 2.50 bits per heavy atom. The van der Waals surface area contributed by atoms with Crippen molar-refractivity contribution in [2.45, 2.75) is 31.8 Å². The van der Waals surface area contributed by atoms with E-state index in [0.29, 0.717) is 6.04 Å². The topological polar surface area (TPSA) is 61.4 Å². The van der Waals surface area contributed by atoms with Gasteiger partial charge in [0.05, 0.1) is 0 Å². The van der Waals surface area contributed by atoms with Crippen molar-refractivity contribution in [1.82, 2.24) is 10.6 Å². The van der Waals surface area contributed by atoms with Crippen molar-refractivity contribution in [1.29, 1.82) is 0 Å². The molecule has 1 rings (SSSR count). The fraction of sp³-hybridized carbons (Fsp3) is 0.875. The summed E-state index contributed by atoms with van der Waals surface area (Å²) in [6.07, 6.45) is 2.20. The van der Waals surface area contributed by atoms with E-state index in [9.17, 15) is 4.79 Å². The Hall–Kier alpha value is -0.610. The maximum Gasteiger partial charge on any atom is 0.320 e. The van der Waals surface area contributed by atoms with Crippen LogP contribution in [-0.2, 0) is 4.79 Å². The molecule has 3 N–H and O–H groups in total. The highest BCUT2D eigenvalue weighted by Crippen LogP contribution is 2.02. The van der Waals surface area contributed by atoms with E-state index in [2.05, 4.69) is 10.6 Å². The molecule has 2 unspecified atom stereocenters. The molecule has 2 atom stereocenters. The number of carboxylic acids is 1. The predicted octanol–water partition coefficient (Wildman–Crippen LogP) is -0.199. The van der Waals surface area contributed by atoms with Gasteiger partial charge in [0.25, 0.3) is 0 Å². The van der Waals surface area contributed by atoms with Crippen LogP contribution in [0.2, 0.25) is 0 Å². The zero-order valence-electron chi connectivity index (χ0n) is 7.34. The van der Waals surface area contributed by atoms with Gasteiger partial charge in [-0.3, -0.25) is 4.79 Å². The number of carboxylic acid groups (broad SMARTS) is 1. The van der Waals surface area contributed by atoms with Gasteiger partial charge in [0.2, 0.25) is 0 Å². The smallest absolute Gasteiger partial charge is 0.320 e. The second-order valence-electron chi connectivity index (χ2n) is 3.27. The summed E-state index contributed by atoms with van der Waals surface area (Å²) in [4.78, 5) is 10.5. The highest BCUT2D eigenvalue weighted by Gasteiger charge is 2.18. The molecule has 1 heterocycles. The van der Waals surface area contributed by atoms with Gasteiger partial charge in [-0.25, -0.2) is 0 Å². The lowest BCUT2D eigenvalue weighted by atomic mass is 10.1. The van der Waals surface area contributed by atoms with E-state index in [1.165, 1.54) is 0 Å². The van der Waals surface area contributed by atoms with Gasteiger partial charge in [-0.05, 0) is 26.3 Å². The molecule has 4 nitrogen and oxygen atoms in total. The molecule has 0 aromatic rings. The molecular weight excluding hydrogens is 156 g/mol. The first-order valence-electron chi connectivity index (χ1n) is 4.39. The van der Waals surface area contributed by atoms with Crippen molar-refractivity contribution in [2.24, 2.45) is 0 Å². The Bertz CT molecular complexity index is 155. The van der Waals surface area contributed by atoms with Crippen LogP contribution < -0.4 is 10.6 Å². The zero-order chi connectivity index (χ0) is 8.97. The first-order valence-corrected chi connectivity index (χ1v) is 4.39. The Labute approximate surface area is 72.3 Å². The van der Waals surface area contributed by atoms with Crippen LogP contribution >= 0.6 is 0 Å². The second kappa shape index (κ2) is 4.42. The fourth-order valence-corrected chi connectivity index (χ4v) is 1.42. The number of nitrogens with one attached hydrogen (secondary N) is 2. The van der Waals surface area contributed by atoms with Crippen LogP contribution in [0.1, 0.15) is 19.8 Å². The predicted molar refractivity (Wildman–Crippen MR) is 46.1 cm³/mol. The van der Waals surface area contributed by atoms with Crippen LogP contribution in [-0.4, -0.2) is 36.2 Å². The lowest BCUT2D eigenvalue weighted by Crippen LogP contribution is -2.48. The summed E-state index contributed by atoms with van der Waals surface area (Å²) < 4.78 is 0. The maximum absolute atomic E-state index is 10.5. The normalized spacial score (nSPS) is 26.6. The summed E-state index contributed by atoms with van der Waals surface area (Å²) in [5.74, 6) is -0.777. The molecule has 1 fully saturated rings. The van der Waals surface area contributed by atoms with Gasteiger partial charge >= 0.3 is 5.97 Å². The minimum atomic E-state index is -0.777. The zero-order valence-corrected chi connectivity index (χ0v) is 7.34. The van der Waals surface area contributed by atoms with Crippen LogP contribution in [0.3, 0.4) is 0 Å². The van der Waals surface area contributed by atoms with Gasteiger partial charge in [-0.1, -0.05) is 0 Å². The number of hydrogen-bond acceptors (Lipinski definition) is 3. The molecule has 0 spiro atoms. The minimum Gasteiger partial charge on any atom is -0.480 e. The van der Waals surface area contributed by atoms with Crippen LogP contribution in [0.25, 0.3) is 0 Å². The van der Waals surface area contributed by atoms with Gasteiger partial charge in [0, 0.05) is 12.6 Å². The highest BCUT2D eigenvalue weighted by atomic mass is 16.4. The molecule has 70 valence electrons. The quantitative estimate of drug-likeness (QED) is 0.552. The Kier molecular flexibility index (Phi) is 3.49. The van der Waals surface area contributed by atoms with Crippen molar-refractivity contribution >= 4 is 5.97 Å². The van der Waals surface area contributed by atoms with Gasteiger partial charge < -0.3 is 15.7 Å². The minimum absolute atomic E-state index is 0.324. The Morgan fingerprint density at radius 1 is 1.75 bits per heavy atom.